The van der Waals surface area contributed by atoms with Crippen molar-refractivity contribution in [2.75, 3.05) is 19.8 Å². The largest absolute Gasteiger partial charge is 0.305 e. The quantitative estimate of drug-likeness (QED) is 0.477. The van der Waals surface area contributed by atoms with Gasteiger partial charge < -0.3 is 10.6 Å². The van der Waals surface area contributed by atoms with Crippen LogP contribution >= 0.6 is 0 Å². The van der Waals surface area contributed by atoms with E-state index >= 15 is 0 Å². The summed E-state index contributed by atoms with van der Waals surface area (Å²) in [5, 5.41) is 6.52. The summed E-state index contributed by atoms with van der Waals surface area (Å²) in [5.74, 6) is 0. The van der Waals surface area contributed by atoms with E-state index in [0.29, 0.717) is 0 Å². The lowest BCUT2D eigenvalue weighted by molar-refractivity contribution is 0.575. The van der Waals surface area contributed by atoms with Crippen molar-refractivity contribution >= 4 is 0 Å². The van der Waals surface area contributed by atoms with Gasteiger partial charge in [0, 0.05) is 6.67 Å². The fourth-order valence-corrected chi connectivity index (χ4v) is 0.619. The lowest BCUT2D eigenvalue weighted by Gasteiger charge is -2.02. The lowest BCUT2D eigenvalue weighted by atomic mass is 10.5. The molecule has 2 heteroatoms. The van der Waals surface area contributed by atoms with Crippen molar-refractivity contribution < 1.29 is 0 Å². The summed E-state index contributed by atoms with van der Waals surface area (Å²) in [6, 6.07) is 0. The van der Waals surface area contributed by atoms with Crippen LogP contribution in [-0.4, -0.2) is 19.8 Å². The fraction of sp³-hybridized carbons (Fsp3) is 1.00. The molecule has 0 bridgehead atoms. The van der Waals surface area contributed by atoms with Gasteiger partial charge in [0.05, 0.1) is 0 Å². The van der Waals surface area contributed by atoms with Crippen molar-refractivity contribution in [2.24, 2.45) is 0 Å². The predicted molar refractivity (Wildman–Crippen MR) is 57.4 cm³/mol. The van der Waals surface area contributed by atoms with Crippen LogP contribution < -0.4 is 10.6 Å². The second-order valence-electron chi connectivity index (χ2n) is 2.88. The maximum absolute atomic E-state index is 3.26. The Bertz CT molecular complexity index is 49.8. The molecule has 2 nitrogen and oxygen atoms in total. The molecule has 0 saturated heterocycles. The molecule has 0 heterocycles. The molecule has 0 atom stereocenters. The van der Waals surface area contributed by atoms with Crippen LogP contribution in [0.5, 0.6) is 0 Å². The first-order chi connectivity index (χ1) is 5.83. The van der Waals surface area contributed by atoms with Gasteiger partial charge in [0.15, 0.2) is 0 Å². The molecule has 0 aliphatic carbocycles. The van der Waals surface area contributed by atoms with Crippen LogP contribution in [0, 0.1) is 0 Å². The molecule has 0 amide bonds. The van der Waals surface area contributed by atoms with Gasteiger partial charge in [-0.15, -0.1) is 0 Å². The number of hydrogen-bond acceptors (Lipinski definition) is 2. The molecule has 12 heavy (non-hydrogen) atoms. The molecule has 0 rings (SSSR count). The molecule has 2 N–H and O–H groups in total. The van der Waals surface area contributed by atoms with E-state index in [4.69, 9.17) is 0 Å². The molecule has 0 fully saturated rings. The van der Waals surface area contributed by atoms with Gasteiger partial charge in [-0.05, 0) is 25.9 Å². The maximum Gasteiger partial charge on any atom is 0.0454 e. The van der Waals surface area contributed by atoms with Gasteiger partial charge in [0.1, 0.15) is 0 Å². The van der Waals surface area contributed by atoms with Crippen LogP contribution in [0.15, 0.2) is 0 Å². The lowest BCUT2D eigenvalue weighted by Crippen LogP contribution is -2.29. The predicted octanol–water partition coefficient (Wildman–Crippen LogP) is 2.36. The van der Waals surface area contributed by atoms with Crippen molar-refractivity contribution in [3.63, 3.8) is 0 Å². The highest BCUT2D eigenvalue weighted by molar-refractivity contribution is 4.43. The Morgan fingerprint density at radius 1 is 0.750 bits per heavy atom. The maximum atomic E-state index is 3.26. The normalized spacial score (nSPS) is 9.00. The third-order valence-corrected chi connectivity index (χ3v) is 1.10. The Kier molecular flexibility index (Phi) is 20.6. The van der Waals surface area contributed by atoms with Crippen molar-refractivity contribution in [2.45, 2.75) is 47.0 Å². The van der Waals surface area contributed by atoms with Crippen LogP contribution in [0.25, 0.3) is 0 Å². The molecule has 0 aliphatic rings. The third-order valence-electron chi connectivity index (χ3n) is 1.10. The minimum atomic E-state index is 0.960. The average Bonchev–Trinajstić information content (AvgIpc) is 2.06. The zero-order chi connectivity index (χ0) is 9.66. The van der Waals surface area contributed by atoms with Gasteiger partial charge in [-0.2, -0.15) is 0 Å². The number of nitrogens with one attached hydrogen (secondary N) is 2. The van der Waals surface area contributed by atoms with Gasteiger partial charge in [-0.1, -0.05) is 34.1 Å². The Labute approximate surface area is 78.1 Å². The Morgan fingerprint density at radius 2 is 1.08 bits per heavy atom. The summed E-state index contributed by atoms with van der Waals surface area (Å²) in [6.45, 7) is 11.8. The van der Waals surface area contributed by atoms with Gasteiger partial charge in [-0.25, -0.2) is 0 Å². The zero-order valence-electron chi connectivity index (χ0n) is 9.24. The molecule has 0 spiro atoms. The molecule has 0 aromatic rings. The summed E-state index contributed by atoms with van der Waals surface area (Å²) in [5.41, 5.74) is 0. The van der Waals surface area contributed by atoms with E-state index in [0.717, 1.165) is 19.8 Å². The molecular weight excluding hydrogens is 148 g/mol. The summed E-state index contributed by atoms with van der Waals surface area (Å²) in [6.07, 6.45) is 3.68. The molecule has 0 saturated carbocycles. The molecule has 0 aromatic carbocycles. The second-order valence-corrected chi connectivity index (χ2v) is 2.88. The molecule has 0 unspecified atom stereocenters. The van der Waals surface area contributed by atoms with Gasteiger partial charge >= 0.3 is 0 Å². The Balaban J connectivity index is 0. The molecule has 0 radical (unpaired) electrons. The van der Waals surface area contributed by atoms with E-state index in [1.54, 1.807) is 0 Å². The van der Waals surface area contributed by atoms with E-state index in [2.05, 4.69) is 38.3 Å². The van der Waals surface area contributed by atoms with Gasteiger partial charge in [0.25, 0.3) is 0 Å². The van der Waals surface area contributed by atoms with E-state index in [1.807, 2.05) is 0 Å². The monoisotopic (exact) mass is 174 g/mol. The topological polar surface area (TPSA) is 24.1 Å². The van der Waals surface area contributed by atoms with E-state index in [1.165, 1.54) is 19.3 Å². The third kappa shape index (κ3) is 22.5. The van der Waals surface area contributed by atoms with Crippen LogP contribution in [0.2, 0.25) is 0 Å². The number of hydrogen-bond donors (Lipinski definition) is 2. The highest BCUT2D eigenvalue weighted by Gasteiger charge is 1.80. The van der Waals surface area contributed by atoms with Crippen LogP contribution in [0.3, 0.4) is 0 Å². The first-order valence-electron chi connectivity index (χ1n) is 5.24. The summed E-state index contributed by atoms with van der Waals surface area (Å²) >= 11 is 0. The molecular formula is C10H26N2. The zero-order valence-corrected chi connectivity index (χ0v) is 9.24. The Hall–Kier alpha value is -0.0800. The fourth-order valence-electron chi connectivity index (χ4n) is 0.619. The Morgan fingerprint density at radius 3 is 1.33 bits per heavy atom. The van der Waals surface area contributed by atoms with E-state index in [-0.39, 0.29) is 0 Å². The molecule has 0 aromatic heterocycles. The highest BCUT2D eigenvalue weighted by atomic mass is 15.0. The first kappa shape index (κ1) is 14.4. The first-order valence-corrected chi connectivity index (χ1v) is 5.24. The van der Waals surface area contributed by atoms with Gasteiger partial charge in [-0.3, -0.25) is 0 Å². The smallest absolute Gasteiger partial charge is 0.0454 e. The summed E-state index contributed by atoms with van der Waals surface area (Å²) in [4.78, 5) is 0. The van der Waals surface area contributed by atoms with Crippen molar-refractivity contribution in [1.82, 2.24) is 10.6 Å². The molecule has 76 valence electrons. The second kappa shape index (κ2) is 17.1. The van der Waals surface area contributed by atoms with Crippen molar-refractivity contribution in [1.29, 1.82) is 0 Å². The van der Waals surface area contributed by atoms with E-state index < -0.39 is 0 Å². The number of rotatable bonds is 6. The summed E-state index contributed by atoms with van der Waals surface area (Å²) < 4.78 is 0. The molecule has 0 aliphatic heterocycles. The van der Waals surface area contributed by atoms with Crippen LogP contribution in [0.4, 0.5) is 0 Å². The van der Waals surface area contributed by atoms with Crippen molar-refractivity contribution in [3.8, 4) is 0 Å². The van der Waals surface area contributed by atoms with Gasteiger partial charge in [0.2, 0.25) is 0 Å². The highest BCUT2D eigenvalue weighted by Crippen LogP contribution is 1.69. The minimum Gasteiger partial charge on any atom is -0.305 e. The standard InChI is InChI=1S/C7H18N2.C3H8/c1-3-5-8-7-9-6-4-2;1-3-2/h8-9H,3-7H2,1-2H3;3H2,1-2H3. The van der Waals surface area contributed by atoms with Crippen molar-refractivity contribution in [3.05, 3.63) is 0 Å². The van der Waals surface area contributed by atoms with E-state index in [9.17, 15) is 0 Å². The van der Waals surface area contributed by atoms with Crippen LogP contribution in [0.1, 0.15) is 47.0 Å². The average molecular weight is 174 g/mol. The minimum absolute atomic E-state index is 0.960. The summed E-state index contributed by atoms with van der Waals surface area (Å²) in [7, 11) is 0. The SMILES string of the molecule is CCC.CCCNCNCCC. The van der Waals surface area contributed by atoms with Crippen LogP contribution in [-0.2, 0) is 0 Å².